The molecule has 4 heteroatoms. The summed E-state index contributed by atoms with van der Waals surface area (Å²) < 4.78 is 0. The molecule has 0 aliphatic rings. The predicted octanol–water partition coefficient (Wildman–Crippen LogP) is 4.71. The third-order valence-electron chi connectivity index (χ3n) is 3.22. The van der Waals surface area contributed by atoms with Crippen LogP contribution in [-0.2, 0) is 0 Å². The van der Waals surface area contributed by atoms with E-state index in [0.29, 0.717) is 5.75 Å². The summed E-state index contributed by atoms with van der Waals surface area (Å²) in [5, 5.41) is 12.1. The number of hydrogen-bond acceptors (Lipinski definition) is 3. The van der Waals surface area contributed by atoms with Crippen LogP contribution in [0.2, 0.25) is 5.02 Å². The minimum absolute atomic E-state index is 0.539. The number of thioether (sulfide) groups is 1. The van der Waals surface area contributed by atoms with Gasteiger partial charge in [0.05, 0.1) is 11.6 Å². The van der Waals surface area contributed by atoms with Crippen molar-refractivity contribution in [1.29, 1.82) is 0 Å². The van der Waals surface area contributed by atoms with Crippen LogP contribution in [-0.4, -0.2) is 15.8 Å². The van der Waals surface area contributed by atoms with Gasteiger partial charge in [0.2, 0.25) is 0 Å². The molecular weight excluding hydrogens is 302 g/mol. The second-order valence-electron chi connectivity index (χ2n) is 4.74. The highest BCUT2D eigenvalue weighted by atomic mass is 35.5. The van der Waals surface area contributed by atoms with Gasteiger partial charge in [-0.2, -0.15) is 0 Å². The number of aliphatic hydroxyl groups excluding tert-OH is 1. The SMILES string of the molecule is OC(CSc1ccc(Cl)cc1)c1cnc2ccccc2c1. The number of nitrogens with zero attached hydrogens (tertiary/aromatic N) is 1. The van der Waals surface area contributed by atoms with Crippen LogP contribution in [0, 0.1) is 0 Å². The Bertz CT molecular complexity index is 745. The molecule has 0 amide bonds. The molecule has 3 aromatic rings. The Morgan fingerprint density at radius 3 is 2.67 bits per heavy atom. The Hall–Kier alpha value is -1.55. The Morgan fingerprint density at radius 1 is 1.10 bits per heavy atom. The smallest absolute Gasteiger partial charge is 0.0898 e. The van der Waals surface area contributed by atoms with Crippen LogP contribution in [0.5, 0.6) is 0 Å². The van der Waals surface area contributed by atoms with Gasteiger partial charge in [0.1, 0.15) is 0 Å². The summed E-state index contributed by atoms with van der Waals surface area (Å²) in [4.78, 5) is 5.47. The van der Waals surface area contributed by atoms with Gasteiger partial charge >= 0.3 is 0 Å². The number of rotatable bonds is 4. The topological polar surface area (TPSA) is 33.1 Å². The van der Waals surface area contributed by atoms with Gasteiger partial charge in [-0.05, 0) is 36.4 Å². The highest BCUT2D eigenvalue weighted by Crippen LogP contribution is 2.26. The Morgan fingerprint density at radius 2 is 1.86 bits per heavy atom. The maximum atomic E-state index is 10.3. The van der Waals surface area contributed by atoms with E-state index in [1.54, 1.807) is 18.0 Å². The highest BCUT2D eigenvalue weighted by molar-refractivity contribution is 7.99. The first-order valence-corrected chi connectivity index (χ1v) is 8.00. The number of hydrogen-bond donors (Lipinski definition) is 1. The van der Waals surface area contributed by atoms with Crippen molar-refractivity contribution < 1.29 is 5.11 Å². The standard InChI is InChI=1S/C17H14ClNOS/c18-14-5-7-15(8-6-14)21-11-17(20)13-9-12-3-1-2-4-16(12)19-10-13/h1-10,17,20H,11H2. The van der Waals surface area contributed by atoms with E-state index >= 15 is 0 Å². The minimum Gasteiger partial charge on any atom is -0.387 e. The monoisotopic (exact) mass is 315 g/mol. The summed E-state index contributed by atoms with van der Waals surface area (Å²) in [6.45, 7) is 0. The van der Waals surface area contributed by atoms with E-state index in [-0.39, 0.29) is 0 Å². The average molecular weight is 316 g/mol. The summed E-state index contributed by atoms with van der Waals surface area (Å²) in [6.07, 6.45) is 1.21. The maximum Gasteiger partial charge on any atom is 0.0898 e. The lowest BCUT2D eigenvalue weighted by atomic mass is 10.1. The number of halogens is 1. The van der Waals surface area contributed by atoms with Crippen LogP contribution in [0.4, 0.5) is 0 Å². The van der Waals surface area contributed by atoms with Crippen molar-refractivity contribution in [2.75, 3.05) is 5.75 Å². The van der Waals surface area contributed by atoms with Crippen molar-refractivity contribution in [2.45, 2.75) is 11.0 Å². The molecular formula is C17H14ClNOS. The fourth-order valence-corrected chi connectivity index (χ4v) is 3.07. The minimum atomic E-state index is -0.539. The number of fused-ring (bicyclic) bond motifs is 1. The van der Waals surface area contributed by atoms with Crippen LogP contribution < -0.4 is 0 Å². The molecule has 0 aliphatic carbocycles. The summed E-state index contributed by atoms with van der Waals surface area (Å²) in [7, 11) is 0. The van der Waals surface area contributed by atoms with Crippen LogP contribution in [0.1, 0.15) is 11.7 Å². The second kappa shape index (κ2) is 6.48. The van der Waals surface area contributed by atoms with Crippen LogP contribution in [0.15, 0.2) is 65.7 Å². The first-order chi connectivity index (χ1) is 10.2. The van der Waals surface area contributed by atoms with Gasteiger partial charge in [0, 0.05) is 32.8 Å². The van der Waals surface area contributed by atoms with E-state index in [1.807, 2.05) is 54.6 Å². The molecule has 21 heavy (non-hydrogen) atoms. The van der Waals surface area contributed by atoms with E-state index in [9.17, 15) is 5.11 Å². The summed E-state index contributed by atoms with van der Waals surface area (Å²) in [5.74, 6) is 0.585. The van der Waals surface area contributed by atoms with Crippen molar-refractivity contribution in [1.82, 2.24) is 4.98 Å². The molecule has 1 aromatic heterocycles. The fraction of sp³-hybridized carbons (Fsp3) is 0.118. The molecule has 0 aliphatic heterocycles. The molecule has 1 heterocycles. The molecule has 1 N–H and O–H groups in total. The van der Waals surface area contributed by atoms with Gasteiger partial charge < -0.3 is 5.11 Å². The van der Waals surface area contributed by atoms with Crippen molar-refractivity contribution in [3.63, 3.8) is 0 Å². The molecule has 0 radical (unpaired) electrons. The lowest BCUT2D eigenvalue weighted by Gasteiger charge is -2.11. The number of pyridine rings is 1. The van der Waals surface area contributed by atoms with Gasteiger partial charge in [-0.15, -0.1) is 11.8 Å². The van der Waals surface area contributed by atoms with Crippen molar-refractivity contribution in [2.24, 2.45) is 0 Å². The van der Waals surface area contributed by atoms with E-state index < -0.39 is 6.10 Å². The molecule has 0 saturated heterocycles. The molecule has 106 valence electrons. The van der Waals surface area contributed by atoms with E-state index in [0.717, 1.165) is 26.4 Å². The second-order valence-corrected chi connectivity index (χ2v) is 6.27. The first kappa shape index (κ1) is 14.4. The molecule has 3 rings (SSSR count). The van der Waals surface area contributed by atoms with Crippen LogP contribution >= 0.6 is 23.4 Å². The molecule has 0 saturated carbocycles. The molecule has 0 spiro atoms. The first-order valence-electron chi connectivity index (χ1n) is 6.63. The number of aliphatic hydroxyl groups is 1. The number of aromatic nitrogens is 1. The van der Waals surface area contributed by atoms with Crippen molar-refractivity contribution >= 4 is 34.3 Å². The summed E-state index contributed by atoms with van der Waals surface area (Å²) in [6, 6.07) is 17.5. The average Bonchev–Trinajstić information content (AvgIpc) is 2.53. The normalized spacial score (nSPS) is 12.5. The Labute approximate surface area is 132 Å². The van der Waals surface area contributed by atoms with E-state index in [2.05, 4.69) is 4.98 Å². The Balaban J connectivity index is 1.71. The van der Waals surface area contributed by atoms with Crippen LogP contribution in [0.3, 0.4) is 0 Å². The predicted molar refractivity (Wildman–Crippen MR) is 88.9 cm³/mol. The third-order valence-corrected chi connectivity index (χ3v) is 4.56. The summed E-state index contributed by atoms with van der Waals surface area (Å²) in [5.41, 5.74) is 1.79. The molecule has 1 unspecified atom stereocenters. The molecule has 2 aromatic carbocycles. The van der Waals surface area contributed by atoms with Gasteiger partial charge in [-0.1, -0.05) is 29.8 Å². The zero-order chi connectivity index (χ0) is 14.7. The summed E-state index contributed by atoms with van der Waals surface area (Å²) >= 11 is 7.46. The number of para-hydroxylation sites is 1. The maximum absolute atomic E-state index is 10.3. The zero-order valence-corrected chi connectivity index (χ0v) is 12.8. The van der Waals surface area contributed by atoms with Crippen molar-refractivity contribution in [3.05, 3.63) is 71.4 Å². The largest absolute Gasteiger partial charge is 0.387 e. The van der Waals surface area contributed by atoms with E-state index in [1.165, 1.54) is 0 Å². The molecule has 0 fully saturated rings. The van der Waals surface area contributed by atoms with Gasteiger partial charge in [0.15, 0.2) is 0 Å². The fourth-order valence-electron chi connectivity index (χ4n) is 2.07. The quantitative estimate of drug-likeness (QED) is 0.708. The molecule has 1 atom stereocenters. The third kappa shape index (κ3) is 3.56. The van der Waals surface area contributed by atoms with Gasteiger partial charge in [-0.25, -0.2) is 0 Å². The number of benzene rings is 2. The van der Waals surface area contributed by atoms with E-state index in [4.69, 9.17) is 11.6 Å². The van der Waals surface area contributed by atoms with Gasteiger partial charge in [0.25, 0.3) is 0 Å². The highest BCUT2D eigenvalue weighted by Gasteiger charge is 2.09. The molecule has 0 bridgehead atoms. The molecule has 2 nitrogen and oxygen atoms in total. The Kier molecular flexibility index (Phi) is 4.44. The van der Waals surface area contributed by atoms with Crippen LogP contribution in [0.25, 0.3) is 10.9 Å². The van der Waals surface area contributed by atoms with Gasteiger partial charge in [-0.3, -0.25) is 4.98 Å². The lowest BCUT2D eigenvalue weighted by molar-refractivity contribution is 0.204. The lowest BCUT2D eigenvalue weighted by Crippen LogP contribution is -2.01. The zero-order valence-electron chi connectivity index (χ0n) is 11.2. The van der Waals surface area contributed by atoms with Crippen molar-refractivity contribution in [3.8, 4) is 0 Å².